The van der Waals surface area contributed by atoms with Gasteiger partial charge in [0.2, 0.25) is 5.91 Å². The molecule has 5 nitrogen and oxygen atoms in total. The molecule has 0 radical (unpaired) electrons. The van der Waals surface area contributed by atoms with Gasteiger partial charge in [-0.05, 0) is 57.8 Å². The zero-order valence-corrected chi connectivity index (χ0v) is 18.4. The SMILES string of the molecule is CCCN1CCC(N2C[C@H](NC/C(C)=C/c3ccccc3)C[C@H]2C(=O)NC)CC1. The second-order valence-corrected chi connectivity index (χ2v) is 8.61. The fraction of sp³-hybridized carbons (Fsp3) is 0.625. The van der Waals surface area contributed by atoms with Crippen molar-refractivity contribution in [2.24, 2.45) is 0 Å². The summed E-state index contributed by atoms with van der Waals surface area (Å²) in [5, 5.41) is 6.60. The van der Waals surface area contributed by atoms with E-state index in [0.717, 1.165) is 32.6 Å². The first kappa shape index (κ1) is 22.0. The number of amides is 1. The number of nitrogens with zero attached hydrogens (tertiary/aromatic N) is 2. The topological polar surface area (TPSA) is 47.6 Å². The molecule has 1 amide bonds. The Labute approximate surface area is 176 Å². The predicted molar refractivity (Wildman–Crippen MR) is 121 cm³/mol. The third-order valence-corrected chi connectivity index (χ3v) is 6.34. The van der Waals surface area contributed by atoms with E-state index in [1.54, 1.807) is 7.05 Å². The van der Waals surface area contributed by atoms with Gasteiger partial charge in [-0.2, -0.15) is 0 Å². The Bertz CT molecular complexity index is 667. The van der Waals surface area contributed by atoms with E-state index in [1.165, 1.54) is 36.9 Å². The summed E-state index contributed by atoms with van der Waals surface area (Å²) in [4.78, 5) is 17.6. The van der Waals surface area contributed by atoms with Crippen LogP contribution in [-0.2, 0) is 4.79 Å². The van der Waals surface area contributed by atoms with Gasteiger partial charge in [0.05, 0.1) is 6.04 Å². The van der Waals surface area contributed by atoms with Gasteiger partial charge < -0.3 is 15.5 Å². The van der Waals surface area contributed by atoms with Gasteiger partial charge in [0.15, 0.2) is 0 Å². The summed E-state index contributed by atoms with van der Waals surface area (Å²) in [7, 11) is 1.76. The number of rotatable bonds is 8. The minimum atomic E-state index is -0.00126. The molecular weight excluding hydrogens is 360 g/mol. The molecule has 2 atom stereocenters. The van der Waals surface area contributed by atoms with Gasteiger partial charge in [0.1, 0.15) is 0 Å². The van der Waals surface area contributed by atoms with Crippen LogP contribution in [0.15, 0.2) is 35.9 Å². The van der Waals surface area contributed by atoms with E-state index in [-0.39, 0.29) is 11.9 Å². The van der Waals surface area contributed by atoms with Crippen molar-refractivity contribution in [3.8, 4) is 0 Å². The zero-order chi connectivity index (χ0) is 20.6. The van der Waals surface area contributed by atoms with Gasteiger partial charge >= 0.3 is 0 Å². The van der Waals surface area contributed by atoms with E-state index in [9.17, 15) is 4.79 Å². The Hall–Kier alpha value is -1.69. The van der Waals surface area contributed by atoms with Crippen molar-refractivity contribution in [3.63, 3.8) is 0 Å². The van der Waals surface area contributed by atoms with Crippen LogP contribution >= 0.6 is 0 Å². The first-order valence-corrected chi connectivity index (χ1v) is 11.3. The van der Waals surface area contributed by atoms with Crippen LogP contribution in [0.4, 0.5) is 0 Å². The Morgan fingerprint density at radius 1 is 1.21 bits per heavy atom. The summed E-state index contributed by atoms with van der Waals surface area (Å²) in [6, 6.07) is 11.3. The summed E-state index contributed by atoms with van der Waals surface area (Å²) in [5.41, 5.74) is 2.56. The molecule has 160 valence electrons. The number of nitrogens with one attached hydrogen (secondary N) is 2. The van der Waals surface area contributed by atoms with Crippen LogP contribution < -0.4 is 10.6 Å². The summed E-state index contributed by atoms with van der Waals surface area (Å²) in [5.74, 6) is 0.168. The van der Waals surface area contributed by atoms with Crippen LogP contribution in [-0.4, -0.2) is 73.6 Å². The van der Waals surface area contributed by atoms with Crippen molar-refractivity contribution in [2.45, 2.75) is 57.7 Å². The highest BCUT2D eigenvalue weighted by atomic mass is 16.2. The van der Waals surface area contributed by atoms with Gasteiger partial charge in [-0.3, -0.25) is 9.69 Å². The minimum absolute atomic E-state index is 0.00126. The first-order valence-electron chi connectivity index (χ1n) is 11.3. The van der Waals surface area contributed by atoms with Crippen LogP contribution in [0.5, 0.6) is 0 Å². The molecule has 5 heteroatoms. The van der Waals surface area contributed by atoms with Gasteiger partial charge in [0, 0.05) is 32.2 Å². The molecule has 1 aromatic carbocycles. The molecule has 0 aliphatic carbocycles. The molecule has 0 unspecified atom stereocenters. The lowest BCUT2D eigenvalue weighted by Crippen LogP contribution is -2.51. The van der Waals surface area contributed by atoms with Crippen molar-refractivity contribution in [2.75, 3.05) is 39.8 Å². The van der Waals surface area contributed by atoms with Crippen molar-refractivity contribution in [1.82, 2.24) is 20.4 Å². The average molecular weight is 399 g/mol. The maximum atomic E-state index is 12.6. The average Bonchev–Trinajstić information content (AvgIpc) is 3.17. The molecule has 0 saturated carbocycles. The Kier molecular flexibility index (Phi) is 8.28. The standard InChI is InChI=1S/C24H38N4O/c1-4-12-27-13-10-22(11-14-27)28-18-21(16-23(28)24(29)25-3)26-17-19(2)15-20-8-6-5-7-9-20/h5-9,15,21-23,26H,4,10-14,16-18H2,1-3H3,(H,25,29)/b19-15+/t21-,23+/m1/s1. The molecule has 2 aliphatic rings. The summed E-state index contributed by atoms with van der Waals surface area (Å²) < 4.78 is 0. The van der Waals surface area contributed by atoms with Gasteiger partial charge in [-0.15, -0.1) is 0 Å². The van der Waals surface area contributed by atoms with E-state index in [0.29, 0.717) is 12.1 Å². The fourth-order valence-corrected chi connectivity index (χ4v) is 4.82. The molecule has 0 spiro atoms. The monoisotopic (exact) mass is 398 g/mol. The van der Waals surface area contributed by atoms with Crippen molar-refractivity contribution < 1.29 is 4.79 Å². The maximum absolute atomic E-state index is 12.6. The number of piperidine rings is 1. The second-order valence-electron chi connectivity index (χ2n) is 8.61. The van der Waals surface area contributed by atoms with Crippen LogP contribution in [0.1, 0.15) is 45.1 Å². The second kappa shape index (κ2) is 10.9. The van der Waals surface area contributed by atoms with Crippen LogP contribution in [0.3, 0.4) is 0 Å². The molecule has 1 aromatic rings. The number of likely N-dealkylation sites (tertiary alicyclic amines) is 2. The number of hydrogen-bond acceptors (Lipinski definition) is 4. The zero-order valence-electron chi connectivity index (χ0n) is 18.4. The fourth-order valence-electron chi connectivity index (χ4n) is 4.82. The van der Waals surface area contributed by atoms with Crippen molar-refractivity contribution in [1.29, 1.82) is 0 Å². The summed E-state index contributed by atoms with van der Waals surface area (Å²) in [6.07, 6.45) is 6.70. The molecule has 3 rings (SSSR count). The Balaban J connectivity index is 1.56. The molecule has 2 saturated heterocycles. The summed E-state index contributed by atoms with van der Waals surface area (Å²) in [6.45, 7) is 9.77. The lowest BCUT2D eigenvalue weighted by atomic mass is 10.0. The molecule has 29 heavy (non-hydrogen) atoms. The summed E-state index contributed by atoms with van der Waals surface area (Å²) >= 11 is 0. The third-order valence-electron chi connectivity index (χ3n) is 6.34. The van der Waals surface area contributed by atoms with Gasteiger partial charge in [-0.25, -0.2) is 0 Å². The van der Waals surface area contributed by atoms with Crippen LogP contribution in [0.25, 0.3) is 6.08 Å². The lowest BCUT2D eigenvalue weighted by Gasteiger charge is -2.38. The number of carbonyl (C=O) groups is 1. The Morgan fingerprint density at radius 3 is 2.59 bits per heavy atom. The maximum Gasteiger partial charge on any atom is 0.237 e. The van der Waals surface area contributed by atoms with E-state index in [4.69, 9.17) is 0 Å². The van der Waals surface area contributed by atoms with E-state index >= 15 is 0 Å². The normalized spacial score (nSPS) is 24.7. The molecule has 0 aromatic heterocycles. The van der Waals surface area contributed by atoms with Crippen LogP contribution in [0, 0.1) is 0 Å². The molecular formula is C24H38N4O. The van der Waals surface area contributed by atoms with E-state index < -0.39 is 0 Å². The number of carbonyl (C=O) groups excluding carboxylic acids is 1. The predicted octanol–water partition coefficient (Wildman–Crippen LogP) is 2.74. The van der Waals surface area contributed by atoms with E-state index in [2.05, 4.69) is 64.6 Å². The largest absolute Gasteiger partial charge is 0.358 e. The number of likely N-dealkylation sites (N-methyl/N-ethyl adjacent to an activating group) is 1. The van der Waals surface area contributed by atoms with E-state index in [1.807, 2.05) is 6.07 Å². The molecule has 0 bridgehead atoms. The highest BCUT2D eigenvalue weighted by Crippen LogP contribution is 2.27. The first-order chi connectivity index (χ1) is 14.1. The smallest absolute Gasteiger partial charge is 0.237 e. The number of benzene rings is 1. The third kappa shape index (κ3) is 6.14. The lowest BCUT2D eigenvalue weighted by molar-refractivity contribution is -0.126. The highest BCUT2D eigenvalue weighted by Gasteiger charge is 2.40. The van der Waals surface area contributed by atoms with Crippen LogP contribution in [0.2, 0.25) is 0 Å². The molecule has 2 aliphatic heterocycles. The Morgan fingerprint density at radius 2 is 1.93 bits per heavy atom. The minimum Gasteiger partial charge on any atom is -0.358 e. The molecule has 2 heterocycles. The molecule has 2 fully saturated rings. The highest BCUT2D eigenvalue weighted by molar-refractivity contribution is 5.82. The van der Waals surface area contributed by atoms with Crippen molar-refractivity contribution in [3.05, 3.63) is 41.5 Å². The van der Waals surface area contributed by atoms with Crippen molar-refractivity contribution >= 4 is 12.0 Å². The number of hydrogen-bond donors (Lipinski definition) is 2. The van der Waals surface area contributed by atoms with Gasteiger partial charge in [-0.1, -0.05) is 48.9 Å². The quantitative estimate of drug-likeness (QED) is 0.707. The molecule has 2 N–H and O–H groups in total. The van der Waals surface area contributed by atoms with Gasteiger partial charge in [0.25, 0.3) is 0 Å².